The van der Waals surface area contributed by atoms with E-state index in [4.69, 9.17) is 36.9 Å². The number of aromatic nitrogens is 5. The number of carbonyl (C=O) groups is 2. The monoisotopic (exact) mass is 644 g/mol. The highest BCUT2D eigenvalue weighted by atomic mass is 35.5. The Morgan fingerprint density at radius 2 is 1.87 bits per heavy atom. The van der Waals surface area contributed by atoms with Gasteiger partial charge in [0.25, 0.3) is 11.8 Å². The van der Waals surface area contributed by atoms with Crippen LogP contribution in [-0.4, -0.2) is 80.4 Å². The SMILES string of the molecule is CC(C)Cc1nc2c(cnn2[C@H]2CC[C@@H](N3CCOCC3)C2)c(-c2ccc3c(c2)OCC(=O)N3Cc2ncc(Cl)cn2)c1C(N)=O. The number of pyridine rings is 1. The molecule has 4 aromatic rings. The Morgan fingerprint density at radius 3 is 2.61 bits per heavy atom. The lowest BCUT2D eigenvalue weighted by atomic mass is 9.92. The topological polar surface area (TPSA) is 142 Å². The van der Waals surface area contributed by atoms with Gasteiger partial charge in [-0.15, -0.1) is 0 Å². The van der Waals surface area contributed by atoms with E-state index in [0.29, 0.717) is 51.6 Å². The quantitative estimate of drug-likeness (QED) is 0.299. The third-order valence-electron chi connectivity index (χ3n) is 9.12. The lowest BCUT2D eigenvalue weighted by molar-refractivity contribution is -0.121. The van der Waals surface area contributed by atoms with Gasteiger partial charge in [0.1, 0.15) is 11.6 Å². The number of benzene rings is 1. The Labute approximate surface area is 271 Å². The minimum atomic E-state index is -0.545. The molecule has 2 amide bonds. The molecule has 5 heterocycles. The largest absolute Gasteiger partial charge is 0.482 e. The van der Waals surface area contributed by atoms with Crippen molar-refractivity contribution in [1.29, 1.82) is 0 Å². The Hall–Kier alpha value is -4.13. The number of primary amides is 1. The van der Waals surface area contributed by atoms with Gasteiger partial charge in [-0.2, -0.15) is 5.10 Å². The van der Waals surface area contributed by atoms with E-state index in [1.807, 2.05) is 18.2 Å². The summed E-state index contributed by atoms with van der Waals surface area (Å²) in [7, 11) is 0. The smallest absolute Gasteiger partial charge is 0.265 e. The first-order valence-corrected chi connectivity index (χ1v) is 16.2. The Balaban J connectivity index is 1.30. The lowest BCUT2D eigenvalue weighted by Gasteiger charge is -2.32. The molecule has 2 atom stereocenters. The lowest BCUT2D eigenvalue weighted by Crippen LogP contribution is -2.42. The highest BCUT2D eigenvalue weighted by Crippen LogP contribution is 2.42. The highest BCUT2D eigenvalue weighted by molar-refractivity contribution is 6.30. The number of hydrogen-bond donors (Lipinski definition) is 1. The van der Waals surface area contributed by atoms with Crippen LogP contribution >= 0.6 is 11.6 Å². The van der Waals surface area contributed by atoms with E-state index in [9.17, 15) is 9.59 Å². The van der Waals surface area contributed by atoms with E-state index >= 15 is 0 Å². The van der Waals surface area contributed by atoms with Crippen molar-refractivity contribution >= 4 is 40.1 Å². The second-order valence-corrected chi connectivity index (χ2v) is 13.1. The minimum Gasteiger partial charge on any atom is -0.482 e. The van der Waals surface area contributed by atoms with Crippen LogP contribution in [0.25, 0.3) is 22.2 Å². The zero-order chi connectivity index (χ0) is 31.9. The fourth-order valence-electron chi connectivity index (χ4n) is 7.00. The molecule has 3 aromatic heterocycles. The molecule has 1 aromatic carbocycles. The first kappa shape index (κ1) is 30.5. The number of morpholine rings is 1. The van der Waals surface area contributed by atoms with E-state index in [1.165, 1.54) is 12.4 Å². The second kappa shape index (κ2) is 12.6. The first-order chi connectivity index (χ1) is 22.3. The number of nitrogens with two attached hydrogens (primary N) is 1. The van der Waals surface area contributed by atoms with E-state index in [2.05, 4.69) is 33.4 Å². The summed E-state index contributed by atoms with van der Waals surface area (Å²) in [6, 6.07) is 6.25. The molecule has 1 saturated heterocycles. The van der Waals surface area contributed by atoms with Crippen molar-refractivity contribution < 1.29 is 19.1 Å². The summed E-state index contributed by atoms with van der Waals surface area (Å²) in [5.41, 5.74) is 9.89. The van der Waals surface area contributed by atoms with Gasteiger partial charge in [-0.05, 0) is 49.3 Å². The average molecular weight is 645 g/mol. The molecule has 46 heavy (non-hydrogen) atoms. The minimum absolute atomic E-state index is 0.138. The summed E-state index contributed by atoms with van der Waals surface area (Å²) in [4.78, 5) is 43.8. The van der Waals surface area contributed by atoms with E-state index in [1.54, 1.807) is 11.1 Å². The maximum absolute atomic E-state index is 13.2. The van der Waals surface area contributed by atoms with Crippen LogP contribution in [0, 0.1) is 5.92 Å². The van der Waals surface area contributed by atoms with Crippen molar-refractivity contribution in [3.05, 3.63) is 58.9 Å². The molecule has 2 fully saturated rings. The van der Waals surface area contributed by atoms with Crippen molar-refractivity contribution in [2.45, 2.75) is 58.2 Å². The summed E-state index contributed by atoms with van der Waals surface area (Å²) < 4.78 is 13.6. The van der Waals surface area contributed by atoms with Crippen molar-refractivity contribution in [2.75, 3.05) is 37.8 Å². The van der Waals surface area contributed by atoms with Gasteiger partial charge < -0.3 is 15.2 Å². The van der Waals surface area contributed by atoms with Gasteiger partial charge in [-0.1, -0.05) is 31.5 Å². The molecule has 13 heteroatoms. The number of nitrogens with zero attached hydrogens (tertiary/aromatic N) is 7. The van der Waals surface area contributed by atoms with Crippen molar-refractivity contribution in [3.8, 4) is 16.9 Å². The van der Waals surface area contributed by atoms with E-state index in [-0.39, 0.29) is 31.0 Å². The number of hydrogen-bond acceptors (Lipinski definition) is 9. The predicted octanol–water partition coefficient (Wildman–Crippen LogP) is 4.19. The number of fused-ring (bicyclic) bond motifs is 2. The zero-order valence-corrected chi connectivity index (χ0v) is 26.7. The summed E-state index contributed by atoms with van der Waals surface area (Å²) in [6.45, 7) is 7.68. The van der Waals surface area contributed by atoms with Crippen LogP contribution in [0.2, 0.25) is 5.02 Å². The fourth-order valence-corrected chi connectivity index (χ4v) is 7.10. The molecule has 3 aliphatic rings. The van der Waals surface area contributed by atoms with Gasteiger partial charge in [0.2, 0.25) is 0 Å². The fraction of sp³-hybridized carbons (Fsp3) is 0.455. The summed E-state index contributed by atoms with van der Waals surface area (Å²) in [5.74, 6) is 0.446. The third kappa shape index (κ3) is 5.80. The van der Waals surface area contributed by atoms with Crippen molar-refractivity contribution in [3.63, 3.8) is 0 Å². The average Bonchev–Trinajstić information content (AvgIpc) is 3.70. The van der Waals surface area contributed by atoms with Gasteiger partial charge in [0.05, 0.1) is 54.0 Å². The van der Waals surface area contributed by atoms with Crippen LogP contribution in [0.4, 0.5) is 5.69 Å². The standard InChI is InChI=1S/C33H37ClN8O4/c1-19(2)11-25-31(32(35)44)30(24-16-38-42(33(24)39-25)23-5-4-22(13-23)40-7-9-45-10-8-40)20-3-6-26-27(12-20)46-18-29(43)41(26)17-28-36-14-21(34)15-37-28/h3,6,12,14-16,19,22-23H,4-5,7-11,13,17-18H2,1-2H3,(H2,35,44)/t22-,23+/m1/s1. The molecule has 1 aliphatic carbocycles. The van der Waals surface area contributed by atoms with Gasteiger partial charge in [-0.25, -0.2) is 19.6 Å². The highest BCUT2D eigenvalue weighted by Gasteiger charge is 2.34. The van der Waals surface area contributed by atoms with Crippen LogP contribution < -0.4 is 15.4 Å². The molecular formula is C33H37ClN8O4. The van der Waals surface area contributed by atoms with Crippen LogP contribution in [0.15, 0.2) is 36.8 Å². The molecule has 0 unspecified atom stereocenters. The Kier molecular flexibility index (Phi) is 8.35. The van der Waals surface area contributed by atoms with Crippen LogP contribution in [0.3, 0.4) is 0 Å². The molecular weight excluding hydrogens is 608 g/mol. The summed E-state index contributed by atoms with van der Waals surface area (Å²) in [5, 5.41) is 6.05. The summed E-state index contributed by atoms with van der Waals surface area (Å²) in [6.07, 6.45) is 8.47. The predicted molar refractivity (Wildman–Crippen MR) is 173 cm³/mol. The van der Waals surface area contributed by atoms with Crippen molar-refractivity contribution in [2.24, 2.45) is 11.7 Å². The van der Waals surface area contributed by atoms with Gasteiger partial charge in [-0.3, -0.25) is 19.4 Å². The third-order valence-corrected chi connectivity index (χ3v) is 9.31. The number of carbonyl (C=O) groups excluding carboxylic acids is 2. The van der Waals surface area contributed by atoms with Crippen molar-refractivity contribution in [1.82, 2.24) is 29.6 Å². The molecule has 2 aliphatic heterocycles. The maximum atomic E-state index is 13.2. The maximum Gasteiger partial charge on any atom is 0.265 e. The van der Waals surface area contributed by atoms with E-state index < -0.39 is 5.91 Å². The number of halogens is 1. The normalized spacial score (nSPS) is 20.3. The van der Waals surface area contributed by atoms with Crippen LogP contribution in [-0.2, 0) is 22.5 Å². The molecule has 0 spiro atoms. The van der Waals surface area contributed by atoms with E-state index in [0.717, 1.165) is 62.2 Å². The number of amides is 2. The van der Waals surface area contributed by atoms with Gasteiger partial charge in [0, 0.05) is 42.5 Å². The molecule has 1 saturated carbocycles. The van der Waals surface area contributed by atoms with Crippen LogP contribution in [0.5, 0.6) is 5.75 Å². The van der Waals surface area contributed by atoms with Gasteiger partial charge in [0.15, 0.2) is 12.3 Å². The number of anilines is 1. The zero-order valence-electron chi connectivity index (χ0n) is 26.0. The molecule has 7 rings (SSSR count). The molecule has 0 bridgehead atoms. The number of rotatable bonds is 8. The molecule has 240 valence electrons. The van der Waals surface area contributed by atoms with Gasteiger partial charge >= 0.3 is 0 Å². The van der Waals surface area contributed by atoms with Crippen LogP contribution in [0.1, 0.15) is 61.0 Å². The summed E-state index contributed by atoms with van der Waals surface area (Å²) >= 11 is 5.96. The first-order valence-electron chi connectivity index (χ1n) is 15.8. The Morgan fingerprint density at radius 1 is 1.11 bits per heavy atom. The molecule has 12 nitrogen and oxygen atoms in total. The molecule has 0 radical (unpaired) electrons. The molecule has 2 N–H and O–H groups in total. The Bertz CT molecular complexity index is 1790. The second-order valence-electron chi connectivity index (χ2n) is 12.6. The number of ether oxygens (including phenoxy) is 2.